The van der Waals surface area contributed by atoms with Crippen LogP contribution in [0.3, 0.4) is 0 Å². The summed E-state index contributed by atoms with van der Waals surface area (Å²) in [6, 6.07) is 5.73. The summed E-state index contributed by atoms with van der Waals surface area (Å²) in [7, 11) is 4.25. The average molecular weight is 299 g/mol. The summed E-state index contributed by atoms with van der Waals surface area (Å²) in [6.07, 6.45) is 2.36. The molecule has 0 fully saturated rings. The molecule has 3 nitrogen and oxygen atoms in total. The zero-order valence-corrected chi connectivity index (χ0v) is 13.7. The Morgan fingerprint density at radius 3 is 2.40 bits per heavy atom. The minimum absolute atomic E-state index is 0.258. The van der Waals surface area contributed by atoms with Crippen molar-refractivity contribution in [2.75, 3.05) is 20.6 Å². The molecule has 0 aliphatic rings. The number of rotatable bonds is 8. The second-order valence-electron chi connectivity index (χ2n) is 5.48. The maximum Gasteiger partial charge on any atom is 0.121 e. The normalized spacial score (nSPS) is 13.2. The largest absolute Gasteiger partial charge is 0.508 e. The predicted molar refractivity (Wildman–Crippen MR) is 86.4 cm³/mol. The maximum atomic E-state index is 9.83. The van der Waals surface area contributed by atoms with E-state index in [1.54, 1.807) is 12.1 Å². The molecule has 1 unspecified atom stereocenters. The first-order chi connectivity index (χ1) is 9.51. The second kappa shape index (κ2) is 8.50. The molecule has 1 rings (SSSR count). The van der Waals surface area contributed by atoms with Gasteiger partial charge in [-0.1, -0.05) is 44.4 Å². The van der Waals surface area contributed by atoms with Crippen molar-refractivity contribution in [1.29, 1.82) is 0 Å². The molecule has 0 spiro atoms. The van der Waals surface area contributed by atoms with Gasteiger partial charge in [-0.2, -0.15) is 0 Å². The molecule has 20 heavy (non-hydrogen) atoms. The molecule has 0 amide bonds. The van der Waals surface area contributed by atoms with Crippen molar-refractivity contribution in [3.63, 3.8) is 0 Å². The van der Waals surface area contributed by atoms with Crippen molar-refractivity contribution >= 4 is 11.6 Å². The molecule has 1 aromatic rings. The molecule has 0 aromatic heterocycles. The third kappa shape index (κ3) is 4.65. The summed E-state index contributed by atoms with van der Waals surface area (Å²) in [6.45, 7) is 5.97. The molecule has 4 heteroatoms. The van der Waals surface area contributed by atoms with Gasteiger partial charge in [0.2, 0.25) is 0 Å². The summed E-state index contributed by atoms with van der Waals surface area (Å²) >= 11 is 6.11. The zero-order chi connectivity index (χ0) is 15.1. The summed E-state index contributed by atoms with van der Waals surface area (Å²) in [5, 5.41) is 13.9. The van der Waals surface area contributed by atoms with E-state index in [9.17, 15) is 5.11 Å². The number of nitrogens with zero attached hydrogens (tertiary/aromatic N) is 1. The number of likely N-dealkylation sites (N-methyl/N-ethyl adjacent to an activating group) is 1. The summed E-state index contributed by atoms with van der Waals surface area (Å²) in [4.78, 5) is 2.27. The molecule has 1 aromatic carbocycles. The van der Waals surface area contributed by atoms with Crippen LogP contribution in [0.1, 0.15) is 32.3 Å². The van der Waals surface area contributed by atoms with Gasteiger partial charge in [0, 0.05) is 29.7 Å². The van der Waals surface area contributed by atoms with Gasteiger partial charge in [-0.05, 0) is 32.1 Å². The highest BCUT2D eigenvalue weighted by molar-refractivity contribution is 6.31. The van der Waals surface area contributed by atoms with Crippen molar-refractivity contribution in [2.24, 2.45) is 5.92 Å². The lowest BCUT2D eigenvalue weighted by Crippen LogP contribution is -2.42. The molecule has 0 aliphatic heterocycles. The topological polar surface area (TPSA) is 35.5 Å². The number of nitrogens with one attached hydrogen (secondary N) is 1. The van der Waals surface area contributed by atoms with E-state index in [1.807, 2.05) is 6.07 Å². The standard InChI is InChI=1S/C16H27ClN2O/c1-5-12(6-2)15(19(3)4)11-18-10-13-14(17)8-7-9-16(13)20/h7-9,12,15,18,20H,5-6,10-11H2,1-4H3. The van der Waals surface area contributed by atoms with E-state index < -0.39 is 0 Å². The summed E-state index contributed by atoms with van der Waals surface area (Å²) < 4.78 is 0. The molecule has 0 saturated heterocycles. The molecule has 0 radical (unpaired) electrons. The number of halogens is 1. The van der Waals surface area contributed by atoms with E-state index in [2.05, 4.69) is 38.2 Å². The van der Waals surface area contributed by atoms with Gasteiger partial charge >= 0.3 is 0 Å². The Morgan fingerprint density at radius 2 is 1.90 bits per heavy atom. The molecular formula is C16H27ClN2O. The predicted octanol–water partition coefficient (Wildman–Crippen LogP) is 3.50. The lowest BCUT2D eigenvalue weighted by atomic mass is 9.93. The Labute approximate surface area is 127 Å². The van der Waals surface area contributed by atoms with Gasteiger partial charge in [0.1, 0.15) is 5.75 Å². The van der Waals surface area contributed by atoms with Crippen LogP contribution in [0.2, 0.25) is 5.02 Å². The molecule has 0 saturated carbocycles. The Morgan fingerprint density at radius 1 is 1.25 bits per heavy atom. The first kappa shape index (κ1) is 17.3. The van der Waals surface area contributed by atoms with Gasteiger partial charge in [0.15, 0.2) is 0 Å². The lowest BCUT2D eigenvalue weighted by molar-refractivity contribution is 0.194. The third-order valence-electron chi connectivity index (χ3n) is 4.01. The van der Waals surface area contributed by atoms with Crippen molar-refractivity contribution in [1.82, 2.24) is 10.2 Å². The van der Waals surface area contributed by atoms with Gasteiger partial charge in [0.05, 0.1) is 0 Å². The number of phenols is 1. The van der Waals surface area contributed by atoms with Crippen LogP contribution in [-0.4, -0.2) is 36.7 Å². The molecule has 2 N–H and O–H groups in total. The van der Waals surface area contributed by atoms with Gasteiger partial charge in [-0.15, -0.1) is 0 Å². The Kier molecular flexibility index (Phi) is 7.35. The van der Waals surface area contributed by atoms with Crippen LogP contribution in [0.25, 0.3) is 0 Å². The summed E-state index contributed by atoms with van der Waals surface area (Å²) in [5.74, 6) is 0.936. The van der Waals surface area contributed by atoms with Crippen molar-refractivity contribution in [3.8, 4) is 5.75 Å². The van der Waals surface area contributed by atoms with E-state index >= 15 is 0 Å². The fraction of sp³-hybridized carbons (Fsp3) is 0.625. The maximum absolute atomic E-state index is 9.83. The monoisotopic (exact) mass is 298 g/mol. The fourth-order valence-electron chi connectivity index (χ4n) is 2.67. The van der Waals surface area contributed by atoms with Crippen LogP contribution in [0.5, 0.6) is 5.75 Å². The van der Waals surface area contributed by atoms with E-state index in [4.69, 9.17) is 11.6 Å². The quantitative estimate of drug-likeness (QED) is 0.771. The first-order valence-corrected chi connectivity index (χ1v) is 7.72. The number of hydrogen-bond donors (Lipinski definition) is 2. The van der Waals surface area contributed by atoms with E-state index in [1.165, 1.54) is 12.8 Å². The SMILES string of the molecule is CCC(CC)C(CNCc1c(O)cccc1Cl)N(C)C. The third-order valence-corrected chi connectivity index (χ3v) is 4.36. The molecular weight excluding hydrogens is 272 g/mol. The van der Waals surface area contributed by atoms with Gasteiger partial charge in [0.25, 0.3) is 0 Å². The van der Waals surface area contributed by atoms with E-state index in [0.29, 0.717) is 23.5 Å². The number of phenolic OH excluding ortho intramolecular Hbond substituents is 1. The van der Waals surface area contributed by atoms with Crippen molar-refractivity contribution in [3.05, 3.63) is 28.8 Å². The minimum atomic E-state index is 0.258. The Bertz CT molecular complexity index is 385. The molecule has 114 valence electrons. The van der Waals surface area contributed by atoms with Crippen molar-refractivity contribution in [2.45, 2.75) is 39.3 Å². The first-order valence-electron chi connectivity index (χ1n) is 7.34. The van der Waals surface area contributed by atoms with E-state index in [0.717, 1.165) is 12.1 Å². The number of hydrogen-bond acceptors (Lipinski definition) is 3. The Hall–Kier alpha value is -0.770. The highest BCUT2D eigenvalue weighted by Gasteiger charge is 2.20. The van der Waals surface area contributed by atoms with Crippen LogP contribution in [0.15, 0.2) is 18.2 Å². The average Bonchev–Trinajstić information content (AvgIpc) is 2.40. The van der Waals surface area contributed by atoms with Crippen LogP contribution in [-0.2, 0) is 6.54 Å². The van der Waals surface area contributed by atoms with E-state index in [-0.39, 0.29) is 5.75 Å². The second-order valence-corrected chi connectivity index (χ2v) is 5.88. The highest BCUT2D eigenvalue weighted by Crippen LogP contribution is 2.25. The van der Waals surface area contributed by atoms with Gasteiger partial charge in [-0.3, -0.25) is 0 Å². The lowest BCUT2D eigenvalue weighted by Gasteiger charge is -2.31. The summed E-state index contributed by atoms with van der Waals surface area (Å²) in [5.41, 5.74) is 0.774. The number of aromatic hydroxyl groups is 1. The minimum Gasteiger partial charge on any atom is -0.508 e. The molecule has 0 bridgehead atoms. The number of benzene rings is 1. The highest BCUT2D eigenvalue weighted by atomic mass is 35.5. The van der Waals surface area contributed by atoms with Crippen LogP contribution in [0.4, 0.5) is 0 Å². The van der Waals surface area contributed by atoms with Gasteiger partial charge in [-0.25, -0.2) is 0 Å². The molecule has 1 atom stereocenters. The zero-order valence-electron chi connectivity index (χ0n) is 13.0. The van der Waals surface area contributed by atoms with Crippen LogP contribution in [0, 0.1) is 5.92 Å². The Balaban J connectivity index is 2.61. The van der Waals surface area contributed by atoms with Gasteiger partial charge < -0.3 is 15.3 Å². The van der Waals surface area contributed by atoms with Crippen LogP contribution >= 0.6 is 11.6 Å². The van der Waals surface area contributed by atoms with Crippen molar-refractivity contribution < 1.29 is 5.11 Å². The smallest absolute Gasteiger partial charge is 0.121 e. The van der Waals surface area contributed by atoms with Crippen LogP contribution < -0.4 is 5.32 Å². The fourth-order valence-corrected chi connectivity index (χ4v) is 2.91. The molecule has 0 aliphatic carbocycles. The molecule has 0 heterocycles.